The summed E-state index contributed by atoms with van der Waals surface area (Å²) < 4.78 is 5.81. The summed E-state index contributed by atoms with van der Waals surface area (Å²) in [5.41, 5.74) is 2.28. The fourth-order valence-corrected chi connectivity index (χ4v) is 3.48. The Morgan fingerprint density at radius 1 is 1.42 bits per heavy atom. The molecule has 2 heterocycles. The zero-order chi connectivity index (χ0) is 16.8. The van der Waals surface area contributed by atoms with E-state index in [0.717, 1.165) is 23.5 Å². The van der Waals surface area contributed by atoms with Crippen LogP contribution < -0.4 is 5.32 Å². The monoisotopic (exact) mass is 345 g/mol. The third kappa shape index (κ3) is 4.79. The minimum absolute atomic E-state index is 0.0108. The van der Waals surface area contributed by atoms with Crippen LogP contribution in [0, 0.1) is 6.92 Å². The number of thiazole rings is 1. The number of carbonyl (C=O) groups is 1. The lowest BCUT2D eigenvalue weighted by Crippen LogP contribution is -2.50. The SMILES string of the molecule is Cc1nc(CCNC(=O)N2CCOC(Cc3ccccc3)C2)cs1. The Labute approximate surface area is 146 Å². The first kappa shape index (κ1) is 16.9. The molecule has 1 unspecified atom stereocenters. The number of aryl methyl sites for hydroxylation is 1. The van der Waals surface area contributed by atoms with E-state index in [1.54, 1.807) is 11.3 Å². The summed E-state index contributed by atoms with van der Waals surface area (Å²) in [6.45, 7) is 4.48. The Kier molecular flexibility index (Phi) is 5.82. The fraction of sp³-hybridized carbons (Fsp3) is 0.444. The largest absolute Gasteiger partial charge is 0.374 e. The molecular weight excluding hydrogens is 322 g/mol. The van der Waals surface area contributed by atoms with Gasteiger partial charge in [0.2, 0.25) is 0 Å². The van der Waals surface area contributed by atoms with Gasteiger partial charge in [0, 0.05) is 37.9 Å². The highest BCUT2D eigenvalue weighted by Gasteiger charge is 2.24. The van der Waals surface area contributed by atoms with Gasteiger partial charge in [-0.05, 0) is 12.5 Å². The first-order valence-corrected chi connectivity index (χ1v) is 9.18. The number of hydrogen-bond donors (Lipinski definition) is 1. The summed E-state index contributed by atoms with van der Waals surface area (Å²) in [7, 11) is 0. The number of ether oxygens (including phenoxy) is 1. The molecule has 24 heavy (non-hydrogen) atoms. The van der Waals surface area contributed by atoms with E-state index in [9.17, 15) is 4.79 Å². The Morgan fingerprint density at radius 3 is 3.00 bits per heavy atom. The average molecular weight is 345 g/mol. The van der Waals surface area contributed by atoms with E-state index in [2.05, 4.69) is 22.4 Å². The van der Waals surface area contributed by atoms with Crippen LogP contribution in [0.2, 0.25) is 0 Å². The van der Waals surface area contributed by atoms with Gasteiger partial charge in [-0.25, -0.2) is 9.78 Å². The lowest BCUT2D eigenvalue weighted by atomic mass is 10.1. The summed E-state index contributed by atoms with van der Waals surface area (Å²) in [5, 5.41) is 6.10. The summed E-state index contributed by atoms with van der Waals surface area (Å²) >= 11 is 1.64. The molecule has 0 radical (unpaired) electrons. The van der Waals surface area contributed by atoms with Crippen molar-refractivity contribution in [3.05, 3.63) is 52.0 Å². The van der Waals surface area contributed by atoms with Crippen molar-refractivity contribution in [2.24, 2.45) is 0 Å². The van der Waals surface area contributed by atoms with Crippen LogP contribution >= 0.6 is 11.3 Å². The molecule has 0 aliphatic carbocycles. The van der Waals surface area contributed by atoms with Crippen molar-refractivity contribution >= 4 is 17.4 Å². The maximum absolute atomic E-state index is 12.3. The second-order valence-corrected chi connectivity index (χ2v) is 7.03. The van der Waals surface area contributed by atoms with Crippen LogP contribution in [0.3, 0.4) is 0 Å². The number of hydrogen-bond acceptors (Lipinski definition) is 4. The summed E-state index contributed by atoms with van der Waals surface area (Å²) in [6, 6.07) is 10.2. The first-order chi connectivity index (χ1) is 11.7. The molecule has 0 spiro atoms. The molecule has 128 valence electrons. The first-order valence-electron chi connectivity index (χ1n) is 8.30. The molecule has 1 aromatic heterocycles. The lowest BCUT2D eigenvalue weighted by Gasteiger charge is -2.33. The lowest BCUT2D eigenvalue weighted by molar-refractivity contribution is -0.0132. The maximum atomic E-state index is 12.3. The Bertz CT molecular complexity index is 659. The van der Waals surface area contributed by atoms with Crippen LogP contribution in [0.4, 0.5) is 4.79 Å². The van der Waals surface area contributed by atoms with E-state index < -0.39 is 0 Å². The number of benzene rings is 1. The van der Waals surface area contributed by atoms with Gasteiger partial charge >= 0.3 is 6.03 Å². The standard InChI is InChI=1S/C18H23N3O2S/c1-14-20-16(13-24-14)7-8-19-18(22)21-9-10-23-17(12-21)11-15-5-3-2-4-6-15/h2-6,13,17H,7-12H2,1H3,(H,19,22). The molecule has 5 nitrogen and oxygen atoms in total. The molecule has 1 aromatic carbocycles. The van der Waals surface area contributed by atoms with Gasteiger partial charge in [-0.15, -0.1) is 11.3 Å². The number of carbonyl (C=O) groups excluding carboxylic acids is 1. The van der Waals surface area contributed by atoms with Crippen molar-refractivity contribution in [3.63, 3.8) is 0 Å². The highest BCUT2D eigenvalue weighted by Crippen LogP contribution is 2.12. The Hall–Kier alpha value is -1.92. The second kappa shape index (κ2) is 8.26. The highest BCUT2D eigenvalue weighted by atomic mass is 32.1. The van der Waals surface area contributed by atoms with Crippen molar-refractivity contribution in [1.29, 1.82) is 0 Å². The van der Waals surface area contributed by atoms with Crippen molar-refractivity contribution in [1.82, 2.24) is 15.2 Å². The van der Waals surface area contributed by atoms with Crippen molar-refractivity contribution in [3.8, 4) is 0 Å². The third-order valence-electron chi connectivity index (χ3n) is 4.06. The third-order valence-corrected chi connectivity index (χ3v) is 4.88. The number of urea groups is 1. The van der Waals surface area contributed by atoms with E-state index >= 15 is 0 Å². The van der Waals surface area contributed by atoms with Gasteiger partial charge in [0.05, 0.1) is 23.4 Å². The number of morpholine rings is 1. The quantitative estimate of drug-likeness (QED) is 0.906. The topological polar surface area (TPSA) is 54.5 Å². The maximum Gasteiger partial charge on any atom is 0.317 e. The van der Waals surface area contributed by atoms with Gasteiger partial charge in [0.25, 0.3) is 0 Å². The number of rotatable bonds is 5. The molecule has 1 atom stereocenters. The minimum atomic E-state index is -0.0108. The predicted molar refractivity (Wildman–Crippen MR) is 95.4 cm³/mol. The molecule has 1 fully saturated rings. The van der Waals surface area contributed by atoms with Crippen LogP contribution in [-0.4, -0.2) is 48.3 Å². The van der Waals surface area contributed by atoms with Gasteiger partial charge in [-0.2, -0.15) is 0 Å². The molecule has 3 rings (SSSR count). The molecule has 0 bridgehead atoms. The molecule has 2 amide bonds. The van der Waals surface area contributed by atoms with Crippen molar-refractivity contribution < 1.29 is 9.53 Å². The van der Waals surface area contributed by atoms with E-state index in [0.29, 0.717) is 26.2 Å². The van der Waals surface area contributed by atoms with Crippen LogP contribution in [0.15, 0.2) is 35.7 Å². The number of nitrogens with zero attached hydrogens (tertiary/aromatic N) is 2. The number of aromatic nitrogens is 1. The normalized spacial score (nSPS) is 17.7. The van der Waals surface area contributed by atoms with E-state index in [4.69, 9.17) is 4.74 Å². The molecule has 0 saturated carbocycles. The zero-order valence-electron chi connectivity index (χ0n) is 13.9. The van der Waals surface area contributed by atoms with Gasteiger partial charge in [0.1, 0.15) is 0 Å². The molecular formula is C18H23N3O2S. The van der Waals surface area contributed by atoms with Gasteiger partial charge < -0.3 is 15.0 Å². The average Bonchev–Trinajstić information content (AvgIpc) is 3.01. The summed E-state index contributed by atoms with van der Waals surface area (Å²) in [6.07, 6.45) is 1.67. The van der Waals surface area contributed by atoms with Crippen LogP contribution in [0.5, 0.6) is 0 Å². The summed E-state index contributed by atoms with van der Waals surface area (Å²) in [4.78, 5) is 18.6. The Balaban J connectivity index is 1.44. The number of amides is 2. The molecule has 1 aliphatic rings. The molecule has 2 aromatic rings. The minimum Gasteiger partial charge on any atom is -0.374 e. The highest BCUT2D eigenvalue weighted by molar-refractivity contribution is 7.09. The second-order valence-electron chi connectivity index (χ2n) is 5.97. The van der Waals surface area contributed by atoms with Crippen molar-refractivity contribution in [2.45, 2.75) is 25.9 Å². The van der Waals surface area contributed by atoms with E-state index in [1.807, 2.05) is 35.4 Å². The zero-order valence-corrected chi connectivity index (χ0v) is 14.7. The molecule has 1 N–H and O–H groups in total. The molecule has 6 heteroatoms. The van der Waals surface area contributed by atoms with E-state index in [-0.39, 0.29) is 12.1 Å². The van der Waals surface area contributed by atoms with Crippen LogP contribution in [0.25, 0.3) is 0 Å². The fourth-order valence-electron chi connectivity index (χ4n) is 2.84. The molecule has 1 saturated heterocycles. The van der Waals surface area contributed by atoms with Gasteiger partial charge in [0.15, 0.2) is 0 Å². The predicted octanol–water partition coefficient (Wildman–Crippen LogP) is 2.65. The Morgan fingerprint density at radius 2 is 2.25 bits per heavy atom. The van der Waals surface area contributed by atoms with Crippen molar-refractivity contribution in [2.75, 3.05) is 26.2 Å². The van der Waals surface area contributed by atoms with Crippen LogP contribution in [-0.2, 0) is 17.6 Å². The van der Waals surface area contributed by atoms with E-state index in [1.165, 1.54) is 5.56 Å². The van der Waals surface area contributed by atoms with Crippen LogP contribution in [0.1, 0.15) is 16.3 Å². The molecule has 1 aliphatic heterocycles. The smallest absolute Gasteiger partial charge is 0.317 e. The van der Waals surface area contributed by atoms with Gasteiger partial charge in [-0.3, -0.25) is 0 Å². The number of nitrogens with one attached hydrogen (secondary N) is 1. The van der Waals surface area contributed by atoms with Gasteiger partial charge in [-0.1, -0.05) is 30.3 Å². The summed E-state index contributed by atoms with van der Waals surface area (Å²) in [5.74, 6) is 0.